The lowest BCUT2D eigenvalue weighted by Crippen LogP contribution is -2.46. The fourth-order valence-corrected chi connectivity index (χ4v) is 4.20. The Bertz CT molecular complexity index is 729. The Balaban J connectivity index is 1.63. The predicted molar refractivity (Wildman–Crippen MR) is 97.0 cm³/mol. The van der Waals surface area contributed by atoms with Crippen LogP contribution in [0, 0.1) is 0 Å². The van der Waals surface area contributed by atoms with Crippen LogP contribution in [-0.4, -0.2) is 54.4 Å². The maximum Gasteiger partial charge on any atom is 0.325 e. The van der Waals surface area contributed by atoms with E-state index in [1.54, 1.807) is 9.80 Å². The van der Waals surface area contributed by atoms with E-state index >= 15 is 0 Å². The van der Waals surface area contributed by atoms with Gasteiger partial charge in [-0.05, 0) is 50.5 Å². The molecule has 3 heterocycles. The van der Waals surface area contributed by atoms with Gasteiger partial charge in [-0.2, -0.15) is 0 Å². The maximum atomic E-state index is 12.8. The molecule has 132 valence electrons. The molecule has 3 aliphatic heterocycles. The number of carbonyl (C=O) groups is 2. The number of nitrogens with two attached hydrogens (primary N) is 1. The van der Waals surface area contributed by atoms with Gasteiger partial charge in [0.25, 0.3) is 0 Å². The Hall–Kier alpha value is -2.57. The lowest BCUT2D eigenvalue weighted by molar-refractivity contribution is -0.119. The van der Waals surface area contributed by atoms with Crippen LogP contribution in [0.1, 0.15) is 26.2 Å². The molecule has 1 aromatic rings. The van der Waals surface area contributed by atoms with Gasteiger partial charge in [0.05, 0.1) is 6.04 Å². The largest absolute Gasteiger partial charge is 0.368 e. The van der Waals surface area contributed by atoms with E-state index in [1.807, 2.05) is 31.2 Å². The summed E-state index contributed by atoms with van der Waals surface area (Å²) in [6.45, 7) is 4.53. The number of hydrogen-bond donors (Lipinski definition) is 1. The predicted octanol–water partition coefficient (Wildman–Crippen LogP) is 1.57. The van der Waals surface area contributed by atoms with Gasteiger partial charge >= 0.3 is 6.03 Å². The highest BCUT2D eigenvalue weighted by Gasteiger charge is 2.51. The minimum absolute atomic E-state index is 0.0962. The van der Waals surface area contributed by atoms with E-state index in [-0.39, 0.29) is 12.1 Å². The van der Waals surface area contributed by atoms with Crippen molar-refractivity contribution >= 4 is 29.1 Å². The summed E-state index contributed by atoms with van der Waals surface area (Å²) in [6.07, 6.45) is 2.79. The van der Waals surface area contributed by atoms with Crippen LogP contribution < -0.4 is 15.5 Å². The summed E-state index contributed by atoms with van der Waals surface area (Å²) in [5.74, 6) is 0.567. The summed E-state index contributed by atoms with van der Waals surface area (Å²) in [4.78, 5) is 34.8. The summed E-state index contributed by atoms with van der Waals surface area (Å²) in [6, 6.07) is 6.96. The molecule has 3 aliphatic rings. The standard InChI is InChI=1S/C18H23N5O2/c1-12-20-9-3-11-21(12)13-5-7-14(8-6-13)23-16(17(19)24)15-4-2-10-22(15)18(23)25/h5-8,15-16H,2-4,9-11H2,1H3,(H2,19,24)/t15-,16?/m1/s1. The molecular weight excluding hydrogens is 318 g/mol. The minimum atomic E-state index is -0.584. The highest BCUT2D eigenvalue weighted by atomic mass is 16.2. The van der Waals surface area contributed by atoms with E-state index in [1.165, 1.54) is 0 Å². The van der Waals surface area contributed by atoms with Gasteiger partial charge in [-0.1, -0.05) is 0 Å². The van der Waals surface area contributed by atoms with Gasteiger partial charge in [-0.25, -0.2) is 4.79 Å². The van der Waals surface area contributed by atoms with Crippen molar-refractivity contribution in [2.45, 2.75) is 38.3 Å². The van der Waals surface area contributed by atoms with E-state index in [0.717, 1.165) is 49.6 Å². The van der Waals surface area contributed by atoms with Crippen molar-refractivity contribution in [1.29, 1.82) is 0 Å². The molecule has 2 saturated heterocycles. The van der Waals surface area contributed by atoms with Gasteiger partial charge in [0.1, 0.15) is 11.9 Å². The lowest BCUT2D eigenvalue weighted by Gasteiger charge is -2.28. The summed E-state index contributed by atoms with van der Waals surface area (Å²) >= 11 is 0. The zero-order valence-corrected chi connectivity index (χ0v) is 14.4. The average molecular weight is 341 g/mol. The molecule has 2 fully saturated rings. The number of aliphatic imine (C=N–C) groups is 1. The van der Waals surface area contributed by atoms with Crippen molar-refractivity contribution in [2.24, 2.45) is 10.7 Å². The smallest absolute Gasteiger partial charge is 0.325 e. The first-order valence-electron chi connectivity index (χ1n) is 8.86. The quantitative estimate of drug-likeness (QED) is 0.906. The van der Waals surface area contributed by atoms with Gasteiger partial charge < -0.3 is 15.5 Å². The molecule has 4 rings (SSSR count). The van der Waals surface area contributed by atoms with Gasteiger partial charge in [0, 0.05) is 31.0 Å². The van der Waals surface area contributed by atoms with E-state index in [2.05, 4.69) is 9.89 Å². The third-order valence-corrected chi connectivity index (χ3v) is 5.40. The number of benzene rings is 1. The van der Waals surface area contributed by atoms with Crippen molar-refractivity contribution < 1.29 is 9.59 Å². The van der Waals surface area contributed by atoms with Crippen LogP contribution in [0.3, 0.4) is 0 Å². The zero-order chi connectivity index (χ0) is 17.6. The molecule has 0 radical (unpaired) electrons. The van der Waals surface area contributed by atoms with Crippen molar-refractivity contribution in [1.82, 2.24) is 4.90 Å². The van der Waals surface area contributed by atoms with Crippen LogP contribution >= 0.6 is 0 Å². The Morgan fingerprint density at radius 2 is 1.88 bits per heavy atom. The Labute approximate surface area is 147 Å². The highest BCUT2D eigenvalue weighted by Crippen LogP contribution is 2.35. The number of nitrogens with zero attached hydrogens (tertiary/aromatic N) is 4. The topological polar surface area (TPSA) is 82.2 Å². The molecule has 0 bridgehead atoms. The van der Waals surface area contributed by atoms with Crippen LogP contribution in [0.2, 0.25) is 0 Å². The number of anilines is 2. The monoisotopic (exact) mass is 341 g/mol. The molecule has 0 aliphatic carbocycles. The number of rotatable bonds is 3. The van der Waals surface area contributed by atoms with E-state index in [4.69, 9.17) is 5.73 Å². The summed E-state index contributed by atoms with van der Waals surface area (Å²) < 4.78 is 0. The number of primary amides is 1. The third kappa shape index (κ3) is 2.54. The number of urea groups is 1. The molecule has 7 nitrogen and oxygen atoms in total. The average Bonchev–Trinajstić information content (AvgIpc) is 3.18. The first kappa shape index (κ1) is 15.9. The fraction of sp³-hybridized carbons (Fsp3) is 0.500. The Morgan fingerprint density at radius 3 is 2.56 bits per heavy atom. The Kier molecular flexibility index (Phi) is 3.86. The van der Waals surface area contributed by atoms with Crippen LogP contribution in [0.15, 0.2) is 29.3 Å². The third-order valence-electron chi connectivity index (χ3n) is 5.40. The molecule has 1 aromatic carbocycles. The molecule has 2 atom stereocenters. The van der Waals surface area contributed by atoms with Crippen molar-refractivity contribution in [2.75, 3.05) is 29.4 Å². The van der Waals surface area contributed by atoms with E-state index < -0.39 is 11.9 Å². The molecule has 3 amide bonds. The molecular formula is C18H23N5O2. The second kappa shape index (κ2) is 6.06. The molecule has 0 saturated carbocycles. The van der Waals surface area contributed by atoms with Gasteiger partial charge in [0.2, 0.25) is 5.91 Å². The van der Waals surface area contributed by atoms with Crippen LogP contribution in [-0.2, 0) is 4.79 Å². The SMILES string of the molecule is CC1=NCCCN1c1ccc(N2C(=O)N3CCC[C@@H]3C2C(N)=O)cc1. The van der Waals surface area contributed by atoms with E-state index in [0.29, 0.717) is 6.54 Å². The normalized spacial score (nSPS) is 26.0. The number of amidine groups is 1. The molecule has 7 heteroatoms. The van der Waals surface area contributed by atoms with Gasteiger partial charge in [0.15, 0.2) is 0 Å². The second-order valence-electron chi connectivity index (χ2n) is 6.85. The van der Waals surface area contributed by atoms with Gasteiger partial charge in [-0.3, -0.25) is 14.7 Å². The summed E-state index contributed by atoms with van der Waals surface area (Å²) in [7, 11) is 0. The van der Waals surface area contributed by atoms with Gasteiger partial charge in [-0.15, -0.1) is 0 Å². The number of amides is 3. The lowest BCUT2D eigenvalue weighted by atomic mass is 10.1. The molecule has 2 N–H and O–H groups in total. The minimum Gasteiger partial charge on any atom is -0.368 e. The van der Waals surface area contributed by atoms with Crippen molar-refractivity contribution in [3.05, 3.63) is 24.3 Å². The number of carbonyl (C=O) groups excluding carboxylic acids is 2. The number of hydrogen-bond acceptors (Lipinski definition) is 4. The molecule has 0 spiro atoms. The highest BCUT2D eigenvalue weighted by molar-refractivity contribution is 6.04. The zero-order valence-electron chi connectivity index (χ0n) is 14.4. The van der Waals surface area contributed by atoms with E-state index in [9.17, 15) is 9.59 Å². The van der Waals surface area contributed by atoms with Crippen molar-refractivity contribution in [3.8, 4) is 0 Å². The van der Waals surface area contributed by atoms with Crippen LogP contribution in [0.25, 0.3) is 0 Å². The second-order valence-corrected chi connectivity index (χ2v) is 6.85. The molecule has 1 unspecified atom stereocenters. The maximum absolute atomic E-state index is 12.8. The summed E-state index contributed by atoms with van der Waals surface area (Å²) in [5, 5.41) is 0. The Morgan fingerprint density at radius 1 is 1.16 bits per heavy atom. The molecule has 25 heavy (non-hydrogen) atoms. The fourth-order valence-electron chi connectivity index (χ4n) is 4.20. The first-order chi connectivity index (χ1) is 12.1. The van der Waals surface area contributed by atoms with Crippen LogP contribution in [0.4, 0.5) is 16.2 Å². The van der Waals surface area contributed by atoms with Crippen LogP contribution in [0.5, 0.6) is 0 Å². The number of fused-ring (bicyclic) bond motifs is 1. The molecule has 0 aromatic heterocycles. The van der Waals surface area contributed by atoms with Crippen molar-refractivity contribution in [3.63, 3.8) is 0 Å². The summed E-state index contributed by atoms with van der Waals surface area (Å²) in [5.41, 5.74) is 7.39. The first-order valence-corrected chi connectivity index (χ1v) is 8.86.